The first-order valence-corrected chi connectivity index (χ1v) is 7.88. The number of hydrogen-bond acceptors (Lipinski definition) is 3. The topological polar surface area (TPSA) is 64.3 Å². The van der Waals surface area contributed by atoms with Gasteiger partial charge >= 0.3 is 0 Å². The number of nitrogens with two attached hydrogens (primary N) is 1. The number of hydrogen-bond donors (Lipinski definition) is 2. The fourth-order valence-electron chi connectivity index (χ4n) is 2.89. The van der Waals surface area contributed by atoms with E-state index in [0.717, 1.165) is 24.2 Å². The number of benzene rings is 1. The first kappa shape index (κ1) is 15.8. The summed E-state index contributed by atoms with van der Waals surface area (Å²) in [5.41, 5.74) is 6.48. The highest BCUT2D eigenvalue weighted by molar-refractivity contribution is 5.81. The van der Waals surface area contributed by atoms with E-state index in [9.17, 15) is 4.79 Å². The minimum atomic E-state index is -0.441. The summed E-state index contributed by atoms with van der Waals surface area (Å²) >= 11 is 0. The lowest BCUT2D eigenvalue weighted by atomic mass is 9.94. The largest absolute Gasteiger partial charge is 0.491 e. The Hall–Kier alpha value is -1.55. The van der Waals surface area contributed by atoms with Crippen molar-refractivity contribution < 1.29 is 9.53 Å². The predicted molar refractivity (Wildman–Crippen MR) is 84.2 cm³/mol. The van der Waals surface area contributed by atoms with E-state index in [1.54, 1.807) is 0 Å². The molecule has 4 heteroatoms. The van der Waals surface area contributed by atoms with Gasteiger partial charge in [-0.3, -0.25) is 10.1 Å². The van der Waals surface area contributed by atoms with Gasteiger partial charge in [0.2, 0.25) is 5.91 Å². The molecule has 1 aromatic rings. The molecule has 0 radical (unpaired) electrons. The van der Waals surface area contributed by atoms with Crippen molar-refractivity contribution >= 4 is 5.91 Å². The van der Waals surface area contributed by atoms with Crippen LogP contribution in [0.1, 0.15) is 57.6 Å². The summed E-state index contributed by atoms with van der Waals surface area (Å²) in [6.07, 6.45) is 6.08. The number of ether oxygens (including phenoxy) is 1. The molecule has 21 heavy (non-hydrogen) atoms. The number of carbonyl (C=O) groups excluding carboxylic acids is 1. The van der Waals surface area contributed by atoms with Crippen LogP contribution >= 0.6 is 0 Å². The minimum Gasteiger partial charge on any atom is -0.491 e. The van der Waals surface area contributed by atoms with Crippen molar-refractivity contribution in [1.82, 2.24) is 5.32 Å². The molecule has 0 saturated heterocycles. The zero-order valence-corrected chi connectivity index (χ0v) is 13.0. The smallest absolute Gasteiger partial charge is 0.239 e. The lowest BCUT2D eigenvalue weighted by molar-refractivity contribution is -0.120. The second-order valence-corrected chi connectivity index (χ2v) is 6.08. The second kappa shape index (κ2) is 7.46. The van der Waals surface area contributed by atoms with Crippen LogP contribution in [-0.4, -0.2) is 18.1 Å². The number of primary amides is 1. The normalized spacial score (nSPS) is 17.7. The van der Waals surface area contributed by atoms with Crippen LogP contribution in [0, 0.1) is 0 Å². The van der Waals surface area contributed by atoms with E-state index >= 15 is 0 Å². The maximum Gasteiger partial charge on any atom is 0.239 e. The molecular weight excluding hydrogens is 264 g/mol. The Bertz CT molecular complexity index is 468. The molecule has 1 amide bonds. The van der Waals surface area contributed by atoms with Gasteiger partial charge in [-0.05, 0) is 44.4 Å². The molecule has 1 aliphatic rings. The number of amides is 1. The monoisotopic (exact) mass is 290 g/mol. The fraction of sp³-hybridized carbons (Fsp3) is 0.588. The lowest BCUT2D eigenvalue weighted by Crippen LogP contribution is -2.40. The summed E-state index contributed by atoms with van der Waals surface area (Å²) in [7, 11) is 0. The summed E-state index contributed by atoms with van der Waals surface area (Å²) in [5.74, 6) is 0.446. The average Bonchev–Trinajstić information content (AvgIpc) is 2.45. The molecule has 1 fully saturated rings. The predicted octanol–water partition coefficient (Wildman–Crippen LogP) is 2.92. The average molecular weight is 290 g/mol. The van der Waals surface area contributed by atoms with Crippen LogP contribution in [0.3, 0.4) is 0 Å². The Morgan fingerprint density at radius 1 is 1.29 bits per heavy atom. The van der Waals surface area contributed by atoms with Crippen LogP contribution < -0.4 is 15.8 Å². The lowest BCUT2D eigenvalue weighted by Gasteiger charge is -2.27. The maximum absolute atomic E-state index is 11.8. The maximum atomic E-state index is 11.8. The molecule has 2 rings (SSSR count). The summed E-state index contributed by atoms with van der Waals surface area (Å²) in [5, 5.41) is 3.42. The van der Waals surface area contributed by atoms with Crippen LogP contribution in [-0.2, 0) is 4.79 Å². The third kappa shape index (κ3) is 4.74. The van der Waals surface area contributed by atoms with Gasteiger partial charge in [0.25, 0.3) is 0 Å². The van der Waals surface area contributed by atoms with Crippen molar-refractivity contribution in [3.05, 3.63) is 29.8 Å². The van der Waals surface area contributed by atoms with Crippen LogP contribution in [0.5, 0.6) is 5.75 Å². The Morgan fingerprint density at radius 2 is 2.00 bits per heavy atom. The highest BCUT2D eigenvalue weighted by Gasteiger charge is 2.23. The quantitative estimate of drug-likeness (QED) is 0.846. The van der Waals surface area contributed by atoms with Gasteiger partial charge < -0.3 is 10.5 Å². The standard InChI is InChI=1S/C17H26N2O2/c1-12(2)21-15-10-6-7-13(11-15)16(17(18)20)19-14-8-4-3-5-9-14/h6-7,10-12,14,16,19H,3-5,8-9H2,1-2H3,(H2,18,20). The van der Waals surface area contributed by atoms with Gasteiger partial charge in [-0.25, -0.2) is 0 Å². The Kier molecular flexibility index (Phi) is 5.62. The van der Waals surface area contributed by atoms with Crippen LogP contribution in [0.25, 0.3) is 0 Å². The second-order valence-electron chi connectivity index (χ2n) is 6.08. The third-order valence-corrected chi connectivity index (χ3v) is 3.86. The molecule has 116 valence electrons. The van der Waals surface area contributed by atoms with Crippen LogP contribution in [0.4, 0.5) is 0 Å². The Morgan fingerprint density at radius 3 is 2.62 bits per heavy atom. The summed E-state index contributed by atoms with van der Waals surface area (Å²) < 4.78 is 5.69. The van der Waals surface area contributed by atoms with E-state index in [4.69, 9.17) is 10.5 Å². The molecule has 1 unspecified atom stereocenters. The van der Waals surface area contributed by atoms with Crippen LogP contribution in [0.2, 0.25) is 0 Å². The van der Waals surface area contributed by atoms with Crippen molar-refractivity contribution in [2.45, 2.75) is 64.1 Å². The summed E-state index contributed by atoms with van der Waals surface area (Å²) in [4.78, 5) is 11.8. The van der Waals surface area contributed by atoms with E-state index in [2.05, 4.69) is 5.32 Å². The van der Waals surface area contributed by atoms with Gasteiger partial charge in [-0.1, -0.05) is 31.4 Å². The van der Waals surface area contributed by atoms with Gasteiger partial charge in [-0.15, -0.1) is 0 Å². The van der Waals surface area contributed by atoms with Crippen LogP contribution in [0.15, 0.2) is 24.3 Å². The fourth-order valence-corrected chi connectivity index (χ4v) is 2.89. The molecule has 0 heterocycles. The van der Waals surface area contributed by atoms with E-state index in [-0.39, 0.29) is 12.0 Å². The van der Waals surface area contributed by atoms with E-state index in [1.165, 1.54) is 19.3 Å². The Labute approximate surface area is 127 Å². The van der Waals surface area contributed by atoms with E-state index in [0.29, 0.717) is 6.04 Å². The third-order valence-electron chi connectivity index (χ3n) is 3.86. The van der Waals surface area contributed by atoms with Gasteiger partial charge in [0.1, 0.15) is 11.8 Å². The molecule has 1 aromatic carbocycles. The number of nitrogens with one attached hydrogen (secondary N) is 1. The van der Waals surface area contributed by atoms with E-state index < -0.39 is 6.04 Å². The SMILES string of the molecule is CC(C)Oc1cccc(C(NC2CCCCC2)C(N)=O)c1. The molecule has 0 spiro atoms. The van der Waals surface area contributed by atoms with Crippen molar-refractivity contribution in [3.63, 3.8) is 0 Å². The van der Waals surface area contributed by atoms with Crippen molar-refractivity contribution in [2.75, 3.05) is 0 Å². The molecule has 3 N–H and O–H groups in total. The van der Waals surface area contributed by atoms with Crippen molar-refractivity contribution in [1.29, 1.82) is 0 Å². The van der Waals surface area contributed by atoms with Crippen molar-refractivity contribution in [2.24, 2.45) is 5.73 Å². The number of rotatable bonds is 6. The molecule has 1 aliphatic carbocycles. The highest BCUT2D eigenvalue weighted by atomic mass is 16.5. The molecule has 0 aromatic heterocycles. The highest BCUT2D eigenvalue weighted by Crippen LogP contribution is 2.24. The van der Waals surface area contributed by atoms with Crippen molar-refractivity contribution in [3.8, 4) is 5.75 Å². The molecular formula is C17H26N2O2. The summed E-state index contributed by atoms with van der Waals surface area (Å²) in [6, 6.07) is 7.59. The zero-order valence-electron chi connectivity index (χ0n) is 13.0. The van der Waals surface area contributed by atoms with Gasteiger partial charge in [0.15, 0.2) is 0 Å². The molecule has 0 aliphatic heterocycles. The molecule has 1 saturated carbocycles. The molecule has 4 nitrogen and oxygen atoms in total. The molecule has 0 bridgehead atoms. The summed E-state index contributed by atoms with van der Waals surface area (Å²) in [6.45, 7) is 3.97. The Balaban J connectivity index is 2.11. The van der Waals surface area contributed by atoms with Gasteiger partial charge in [0.05, 0.1) is 6.10 Å². The first-order chi connectivity index (χ1) is 10.1. The van der Waals surface area contributed by atoms with E-state index in [1.807, 2.05) is 38.1 Å². The zero-order chi connectivity index (χ0) is 15.2. The molecule has 1 atom stereocenters. The first-order valence-electron chi connectivity index (χ1n) is 7.88. The van der Waals surface area contributed by atoms with Gasteiger partial charge in [-0.2, -0.15) is 0 Å². The van der Waals surface area contributed by atoms with Gasteiger partial charge in [0, 0.05) is 6.04 Å². The minimum absolute atomic E-state index is 0.110. The number of carbonyl (C=O) groups is 1.